The molecule has 1 aromatic rings. The van der Waals surface area contributed by atoms with Crippen molar-refractivity contribution in [2.45, 2.75) is 32.7 Å². The largest absolute Gasteiger partial charge is 0.370 e. The average Bonchev–Trinajstić information content (AvgIpc) is 2.47. The third-order valence-electron chi connectivity index (χ3n) is 4.01. The van der Waals surface area contributed by atoms with E-state index < -0.39 is 0 Å². The number of hydrogen-bond acceptors (Lipinski definition) is 4. The average molecular weight is 262 g/mol. The summed E-state index contributed by atoms with van der Waals surface area (Å²) in [5.74, 6) is 2.05. The number of piperidine rings is 1. The van der Waals surface area contributed by atoms with Crippen molar-refractivity contribution in [1.82, 2.24) is 9.88 Å². The van der Waals surface area contributed by atoms with Gasteiger partial charge < -0.3 is 15.1 Å². The quantitative estimate of drug-likeness (QED) is 0.883. The van der Waals surface area contributed by atoms with Gasteiger partial charge >= 0.3 is 0 Å². The molecule has 1 aromatic heterocycles. The Morgan fingerprint density at radius 1 is 1.32 bits per heavy atom. The van der Waals surface area contributed by atoms with Crippen molar-refractivity contribution in [1.29, 1.82) is 0 Å². The molecule has 4 nitrogen and oxygen atoms in total. The van der Waals surface area contributed by atoms with Crippen LogP contribution in [0.3, 0.4) is 0 Å². The maximum Gasteiger partial charge on any atom is 0.130 e. The second kappa shape index (κ2) is 6.75. The van der Waals surface area contributed by atoms with Gasteiger partial charge in [0.2, 0.25) is 0 Å². The Balaban J connectivity index is 1.99. The van der Waals surface area contributed by atoms with Crippen LogP contribution in [-0.4, -0.2) is 49.2 Å². The highest BCUT2D eigenvalue weighted by Gasteiger charge is 2.22. The number of hydrogen-bond donors (Lipinski definition) is 1. The predicted octanol–water partition coefficient (Wildman–Crippen LogP) is 2.43. The molecule has 4 heteroatoms. The van der Waals surface area contributed by atoms with E-state index in [-0.39, 0.29) is 0 Å². The van der Waals surface area contributed by atoms with Gasteiger partial charge in [-0.05, 0) is 38.4 Å². The summed E-state index contributed by atoms with van der Waals surface area (Å²) in [5, 5.41) is 3.28. The maximum atomic E-state index is 4.68. The highest BCUT2D eigenvalue weighted by atomic mass is 15.2. The molecule has 0 saturated carbocycles. The molecule has 19 heavy (non-hydrogen) atoms. The fraction of sp³-hybridized carbons (Fsp3) is 0.667. The van der Waals surface area contributed by atoms with E-state index in [0.717, 1.165) is 18.2 Å². The summed E-state index contributed by atoms with van der Waals surface area (Å²) in [5.41, 5.74) is 0. The summed E-state index contributed by atoms with van der Waals surface area (Å²) in [7, 11) is 2.17. The first-order chi connectivity index (χ1) is 9.24. The van der Waals surface area contributed by atoms with Crippen molar-refractivity contribution in [2.75, 3.05) is 43.4 Å². The van der Waals surface area contributed by atoms with E-state index in [1.54, 1.807) is 0 Å². The molecule has 0 amide bonds. The Bertz CT molecular complexity index is 385. The second-order valence-corrected chi connectivity index (χ2v) is 5.19. The van der Waals surface area contributed by atoms with Crippen molar-refractivity contribution in [2.24, 2.45) is 0 Å². The van der Waals surface area contributed by atoms with Crippen LogP contribution in [0.5, 0.6) is 0 Å². The van der Waals surface area contributed by atoms with Crippen LogP contribution in [0.2, 0.25) is 0 Å². The van der Waals surface area contributed by atoms with E-state index in [1.807, 2.05) is 6.07 Å². The van der Waals surface area contributed by atoms with E-state index in [4.69, 9.17) is 0 Å². The van der Waals surface area contributed by atoms with Gasteiger partial charge in [-0.2, -0.15) is 0 Å². The lowest BCUT2D eigenvalue weighted by Crippen LogP contribution is -2.43. The zero-order chi connectivity index (χ0) is 13.7. The molecule has 0 aromatic carbocycles. The molecule has 0 atom stereocenters. The summed E-state index contributed by atoms with van der Waals surface area (Å²) in [6.45, 7) is 8.83. The van der Waals surface area contributed by atoms with Crippen LogP contribution in [-0.2, 0) is 0 Å². The maximum absolute atomic E-state index is 4.68. The zero-order valence-electron chi connectivity index (χ0n) is 12.4. The molecule has 106 valence electrons. The summed E-state index contributed by atoms with van der Waals surface area (Å²) < 4.78 is 0. The van der Waals surface area contributed by atoms with Gasteiger partial charge in [0.1, 0.15) is 11.6 Å². The molecule has 2 heterocycles. The molecule has 0 spiro atoms. The molecule has 2 rings (SSSR count). The van der Waals surface area contributed by atoms with Crippen molar-refractivity contribution in [3.05, 3.63) is 18.2 Å². The number of nitrogens with zero attached hydrogens (tertiary/aromatic N) is 3. The normalized spacial score (nSPS) is 17.4. The molecule has 1 fully saturated rings. The SMILES string of the molecule is CCNc1cccc(N(C)C2CCN(CC)CC2)n1. The van der Waals surface area contributed by atoms with Gasteiger partial charge in [-0.25, -0.2) is 4.98 Å². The van der Waals surface area contributed by atoms with Gasteiger partial charge in [-0.15, -0.1) is 0 Å². The molecular formula is C15H26N4. The lowest BCUT2D eigenvalue weighted by molar-refractivity contribution is 0.220. The Morgan fingerprint density at radius 2 is 2.05 bits per heavy atom. The van der Waals surface area contributed by atoms with Gasteiger partial charge in [-0.1, -0.05) is 13.0 Å². The number of likely N-dealkylation sites (tertiary alicyclic amines) is 1. The molecule has 0 radical (unpaired) electrons. The van der Waals surface area contributed by atoms with Crippen LogP contribution in [0.15, 0.2) is 18.2 Å². The third kappa shape index (κ3) is 3.60. The van der Waals surface area contributed by atoms with E-state index in [9.17, 15) is 0 Å². The Kier molecular flexibility index (Phi) is 5.02. The molecule has 0 aliphatic carbocycles. The Morgan fingerprint density at radius 3 is 2.68 bits per heavy atom. The van der Waals surface area contributed by atoms with E-state index >= 15 is 0 Å². The zero-order valence-corrected chi connectivity index (χ0v) is 12.4. The number of rotatable bonds is 5. The minimum atomic E-state index is 0.618. The van der Waals surface area contributed by atoms with E-state index in [0.29, 0.717) is 6.04 Å². The van der Waals surface area contributed by atoms with Crippen LogP contribution in [0.4, 0.5) is 11.6 Å². The monoisotopic (exact) mass is 262 g/mol. The molecule has 0 unspecified atom stereocenters. The summed E-state index contributed by atoms with van der Waals surface area (Å²) >= 11 is 0. The third-order valence-corrected chi connectivity index (χ3v) is 4.01. The Labute approximate surface area is 116 Å². The van der Waals surface area contributed by atoms with Gasteiger partial charge in [0.15, 0.2) is 0 Å². The van der Waals surface area contributed by atoms with Crippen molar-refractivity contribution in [3.8, 4) is 0 Å². The summed E-state index contributed by atoms with van der Waals surface area (Å²) in [6.07, 6.45) is 2.47. The molecule has 1 saturated heterocycles. The van der Waals surface area contributed by atoms with Gasteiger partial charge in [0.25, 0.3) is 0 Å². The first-order valence-electron chi connectivity index (χ1n) is 7.40. The van der Waals surface area contributed by atoms with Crippen molar-refractivity contribution >= 4 is 11.6 Å². The molecule has 0 bridgehead atoms. The van der Waals surface area contributed by atoms with Crippen LogP contribution in [0.25, 0.3) is 0 Å². The first-order valence-corrected chi connectivity index (χ1v) is 7.40. The van der Waals surface area contributed by atoms with E-state index in [2.05, 4.69) is 53.1 Å². The lowest BCUT2D eigenvalue weighted by Gasteiger charge is -2.36. The lowest BCUT2D eigenvalue weighted by atomic mass is 10.0. The fourth-order valence-electron chi connectivity index (χ4n) is 2.71. The summed E-state index contributed by atoms with van der Waals surface area (Å²) in [6, 6.07) is 6.83. The van der Waals surface area contributed by atoms with Crippen molar-refractivity contribution in [3.63, 3.8) is 0 Å². The molecule has 1 aliphatic heterocycles. The number of nitrogens with one attached hydrogen (secondary N) is 1. The molecular weight excluding hydrogens is 236 g/mol. The van der Waals surface area contributed by atoms with Crippen molar-refractivity contribution < 1.29 is 0 Å². The van der Waals surface area contributed by atoms with Crippen LogP contribution < -0.4 is 10.2 Å². The Hall–Kier alpha value is -1.29. The van der Waals surface area contributed by atoms with Crippen LogP contribution in [0.1, 0.15) is 26.7 Å². The predicted molar refractivity (Wildman–Crippen MR) is 81.9 cm³/mol. The number of anilines is 2. The highest BCUT2D eigenvalue weighted by Crippen LogP contribution is 2.21. The van der Waals surface area contributed by atoms with E-state index in [1.165, 1.54) is 32.5 Å². The topological polar surface area (TPSA) is 31.4 Å². The van der Waals surface area contributed by atoms with Crippen LogP contribution in [0, 0.1) is 0 Å². The van der Waals surface area contributed by atoms with Gasteiger partial charge in [-0.3, -0.25) is 0 Å². The van der Waals surface area contributed by atoms with Crippen LogP contribution >= 0.6 is 0 Å². The minimum absolute atomic E-state index is 0.618. The smallest absolute Gasteiger partial charge is 0.130 e. The molecule has 1 N–H and O–H groups in total. The summed E-state index contributed by atoms with van der Waals surface area (Å²) in [4.78, 5) is 9.54. The second-order valence-electron chi connectivity index (χ2n) is 5.19. The number of pyridine rings is 1. The fourth-order valence-corrected chi connectivity index (χ4v) is 2.71. The minimum Gasteiger partial charge on any atom is -0.370 e. The number of aromatic nitrogens is 1. The first kappa shape index (κ1) is 14.1. The van der Waals surface area contributed by atoms with Gasteiger partial charge in [0.05, 0.1) is 0 Å². The standard InChI is InChI=1S/C15H26N4/c1-4-16-14-7-6-8-15(17-14)18(3)13-9-11-19(5-2)12-10-13/h6-8,13H,4-5,9-12H2,1-3H3,(H,16,17). The molecule has 1 aliphatic rings. The van der Waals surface area contributed by atoms with Gasteiger partial charge in [0, 0.05) is 32.7 Å². The highest BCUT2D eigenvalue weighted by molar-refractivity contribution is 5.47.